The van der Waals surface area contributed by atoms with Gasteiger partial charge in [0.15, 0.2) is 0 Å². The third-order valence-electron chi connectivity index (χ3n) is 9.26. The summed E-state index contributed by atoms with van der Waals surface area (Å²) in [5, 5.41) is 2.95. The molecule has 54 heavy (non-hydrogen) atoms. The number of anilines is 4. The van der Waals surface area contributed by atoms with Gasteiger partial charge in [0.05, 0.1) is 45.3 Å². The number of hydrogen-bond acceptors (Lipinski definition) is 12. The van der Waals surface area contributed by atoms with Crippen LogP contribution in [0, 0.1) is 0 Å². The zero-order chi connectivity index (χ0) is 37.4. The molecular weight excluding hydrogens is 688 g/mol. The second-order valence-electron chi connectivity index (χ2n) is 12.7. The van der Waals surface area contributed by atoms with E-state index in [1.54, 1.807) is 62.7 Å². The highest BCUT2D eigenvalue weighted by atomic mass is 16.5. The van der Waals surface area contributed by atoms with Gasteiger partial charge in [0.25, 0.3) is 0 Å². The van der Waals surface area contributed by atoms with Gasteiger partial charge in [-0.1, -0.05) is 24.3 Å². The lowest BCUT2D eigenvalue weighted by molar-refractivity contribution is 0.0526. The highest BCUT2D eigenvalue weighted by Crippen LogP contribution is 2.36. The molecule has 2 aromatic heterocycles. The third-order valence-corrected chi connectivity index (χ3v) is 9.26. The van der Waals surface area contributed by atoms with Crippen LogP contribution in [0.5, 0.6) is 11.5 Å². The van der Waals surface area contributed by atoms with Crippen LogP contribution in [-0.2, 0) is 29.0 Å². The van der Waals surface area contributed by atoms with Crippen molar-refractivity contribution in [1.82, 2.24) is 19.9 Å². The number of fused-ring (bicyclic) bond motifs is 1. The number of methoxy groups -OCH3 is 2. The molecular formula is C40H42N8O6. The average Bonchev–Trinajstić information content (AvgIpc) is 3.66. The largest absolute Gasteiger partial charge is 0.497 e. The van der Waals surface area contributed by atoms with Crippen molar-refractivity contribution in [3.8, 4) is 22.8 Å². The standard InChI is InChI=1S/C40H42N8O6/c1-4-54-37(49)29-9-11-31(12-10-29)43-40(50)48-18-17-34-35(44-39(45-36(34)48)46-19-21-53-22-20-46)30-23-41-38(42-24-30)47(25-27-5-13-32(51-2)14-6-27)26-28-7-15-33(52-3)16-8-28/h5-16,23-24H,4,17-22,25-26H2,1-3H3,(H,43,50). The van der Waals surface area contributed by atoms with Gasteiger partial charge in [0.1, 0.15) is 17.3 Å². The average molecular weight is 731 g/mol. The van der Waals surface area contributed by atoms with E-state index in [1.165, 1.54) is 0 Å². The quantitative estimate of drug-likeness (QED) is 0.156. The highest BCUT2D eigenvalue weighted by molar-refractivity contribution is 6.03. The number of amides is 2. The van der Waals surface area contributed by atoms with E-state index in [-0.39, 0.29) is 12.6 Å². The molecule has 5 aromatic rings. The molecule has 4 heterocycles. The van der Waals surface area contributed by atoms with E-state index in [0.29, 0.717) is 87.0 Å². The van der Waals surface area contributed by atoms with Gasteiger partial charge in [-0.15, -0.1) is 0 Å². The monoisotopic (exact) mass is 730 g/mol. The van der Waals surface area contributed by atoms with Gasteiger partial charge < -0.3 is 34.1 Å². The minimum Gasteiger partial charge on any atom is -0.497 e. The maximum absolute atomic E-state index is 13.7. The second-order valence-corrected chi connectivity index (χ2v) is 12.7. The Labute approximate surface area is 313 Å². The molecule has 14 nitrogen and oxygen atoms in total. The van der Waals surface area contributed by atoms with Crippen molar-refractivity contribution in [3.63, 3.8) is 0 Å². The fourth-order valence-electron chi connectivity index (χ4n) is 6.39. The summed E-state index contributed by atoms with van der Waals surface area (Å²) < 4.78 is 21.4. The number of esters is 1. The Balaban J connectivity index is 1.18. The Kier molecular flexibility index (Phi) is 11.1. The first kappa shape index (κ1) is 36.1. The first-order valence-electron chi connectivity index (χ1n) is 17.8. The van der Waals surface area contributed by atoms with Crippen molar-refractivity contribution >= 4 is 35.4 Å². The summed E-state index contributed by atoms with van der Waals surface area (Å²) in [5.74, 6) is 2.76. The highest BCUT2D eigenvalue weighted by Gasteiger charge is 2.32. The third kappa shape index (κ3) is 8.18. The van der Waals surface area contributed by atoms with E-state index in [2.05, 4.69) is 15.1 Å². The predicted octanol–water partition coefficient (Wildman–Crippen LogP) is 5.77. The van der Waals surface area contributed by atoms with Crippen molar-refractivity contribution in [3.05, 3.63) is 107 Å². The summed E-state index contributed by atoms with van der Waals surface area (Å²) in [7, 11) is 3.30. The summed E-state index contributed by atoms with van der Waals surface area (Å²) >= 11 is 0. The van der Waals surface area contributed by atoms with Crippen LogP contribution in [0.2, 0.25) is 0 Å². The van der Waals surface area contributed by atoms with Crippen LogP contribution < -0.4 is 29.5 Å². The molecule has 1 N–H and O–H groups in total. The van der Waals surface area contributed by atoms with Gasteiger partial charge >= 0.3 is 12.0 Å². The minimum atomic E-state index is -0.414. The van der Waals surface area contributed by atoms with E-state index in [4.69, 9.17) is 38.9 Å². The van der Waals surface area contributed by atoms with Crippen LogP contribution in [0.25, 0.3) is 11.3 Å². The fraction of sp³-hybridized carbons (Fsp3) is 0.300. The normalized spacial score (nSPS) is 13.6. The summed E-state index contributed by atoms with van der Waals surface area (Å²) in [4.78, 5) is 51.3. The molecule has 0 saturated carbocycles. The maximum atomic E-state index is 13.7. The lowest BCUT2D eigenvalue weighted by Gasteiger charge is -2.28. The van der Waals surface area contributed by atoms with Crippen molar-refractivity contribution in [1.29, 1.82) is 0 Å². The number of morpholine rings is 1. The molecule has 2 aliphatic rings. The van der Waals surface area contributed by atoms with Crippen molar-refractivity contribution in [2.24, 2.45) is 0 Å². The molecule has 7 rings (SSSR count). The summed E-state index contributed by atoms with van der Waals surface area (Å²) in [6.45, 7) is 5.93. The molecule has 0 radical (unpaired) electrons. The lowest BCUT2D eigenvalue weighted by Crippen LogP contribution is -2.38. The molecule has 1 saturated heterocycles. The number of hydrogen-bond donors (Lipinski definition) is 1. The van der Waals surface area contributed by atoms with E-state index < -0.39 is 5.97 Å². The van der Waals surface area contributed by atoms with Crippen LogP contribution >= 0.6 is 0 Å². The Morgan fingerprint density at radius 1 is 0.815 bits per heavy atom. The SMILES string of the molecule is CCOC(=O)c1ccc(NC(=O)N2CCc3c(-c4cnc(N(Cc5ccc(OC)cc5)Cc5ccc(OC)cc5)nc4)nc(N4CCOCC4)nc32)cc1. The van der Waals surface area contributed by atoms with Crippen LogP contribution in [0.1, 0.15) is 34.0 Å². The molecule has 0 atom stereocenters. The second kappa shape index (κ2) is 16.6. The van der Waals surface area contributed by atoms with Crippen LogP contribution in [-0.4, -0.2) is 85.6 Å². The summed E-state index contributed by atoms with van der Waals surface area (Å²) in [5.41, 5.74) is 5.35. The maximum Gasteiger partial charge on any atom is 0.338 e. The molecule has 3 aromatic carbocycles. The van der Waals surface area contributed by atoms with Gasteiger partial charge in [-0.2, -0.15) is 4.98 Å². The molecule has 0 aliphatic carbocycles. The first-order valence-corrected chi connectivity index (χ1v) is 17.8. The lowest BCUT2D eigenvalue weighted by atomic mass is 10.1. The van der Waals surface area contributed by atoms with Gasteiger partial charge in [-0.25, -0.2) is 24.5 Å². The fourth-order valence-corrected chi connectivity index (χ4v) is 6.39. The number of nitrogens with one attached hydrogen (secondary N) is 1. The number of benzene rings is 3. The summed E-state index contributed by atoms with van der Waals surface area (Å²) in [6.07, 6.45) is 4.12. The number of aromatic nitrogens is 4. The number of nitrogens with zero attached hydrogens (tertiary/aromatic N) is 7. The van der Waals surface area contributed by atoms with Crippen LogP contribution in [0.3, 0.4) is 0 Å². The molecule has 2 aliphatic heterocycles. The van der Waals surface area contributed by atoms with Gasteiger partial charge in [-0.3, -0.25) is 4.90 Å². The molecule has 14 heteroatoms. The number of carbonyl (C=O) groups is 2. The zero-order valence-corrected chi connectivity index (χ0v) is 30.5. The Morgan fingerprint density at radius 3 is 2.00 bits per heavy atom. The molecule has 1 fully saturated rings. The van der Waals surface area contributed by atoms with Crippen molar-refractivity contribution in [2.75, 3.05) is 73.7 Å². The Bertz CT molecular complexity index is 2010. The minimum absolute atomic E-state index is 0.284. The van der Waals surface area contributed by atoms with E-state index in [1.807, 2.05) is 48.5 Å². The van der Waals surface area contributed by atoms with Gasteiger partial charge in [0, 0.05) is 61.9 Å². The number of ether oxygens (including phenoxy) is 4. The number of rotatable bonds is 12. The zero-order valence-electron chi connectivity index (χ0n) is 30.5. The topological polar surface area (TPSA) is 144 Å². The first-order chi connectivity index (χ1) is 26.4. The van der Waals surface area contributed by atoms with Crippen LogP contribution in [0.15, 0.2) is 85.2 Å². The van der Waals surface area contributed by atoms with E-state index in [9.17, 15) is 9.59 Å². The Morgan fingerprint density at radius 2 is 1.43 bits per heavy atom. The molecule has 2 amide bonds. The van der Waals surface area contributed by atoms with Gasteiger partial charge in [0.2, 0.25) is 11.9 Å². The molecule has 0 bridgehead atoms. The molecule has 0 unspecified atom stereocenters. The predicted molar refractivity (Wildman–Crippen MR) is 204 cm³/mol. The van der Waals surface area contributed by atoms with Crippen molar-refractivity contribution < 1.29 is 28.5 Å². The van der Waals surface area contributed by atoms with E-state index in [0.717, 1.165) is 33.8 Å². The Hall–Kier alpha value is -6.28. The van der Waals surface area contributed by atoms with E-state index >= 15 is 0 Å². The molecule has 278 valence electrons. The van der Waals surface area contributed by atoms with Gasteiger partial charge in [-0.05, 0) is 73.0 Å². The number of urea groups is 1. The smallest absolute Gasteiger partial charge is 0.338 e. The van der Waals surface area contributed by atoms with Crippen LogP contribution in [0.4, 0.5) is 28.2 Å². The van der Waals surface area contributed by atoms with Crippen molar-refractivity contribution in [2.45, 2.75) is 26.4 Å². The molecule has 0 spiro atoms. The summed E-state index contributed by atoms with van der Waals surface area (Å²) in [6, 6.07) is 22.2. The number of carbonyl (C=O) groups excluding carboxylic acids is 2.